The number of amides is 2. The van der Waals surface area contributed by atoms with E-state index >= 15 is 0 Å². The zero-order chi connectivity index (χ0) is 26.9. The molecule has 3 aromatic carbocycles. The number of carbonyl (C=O) groups excluding carboxylic acids is 2. The number of carbonyl (C=O) groups is 2. The van der Waals surface area contributed by atoms with Gasteiger partial charge in [0.15, 0.2) is 18.1 Å². The van der Waals surface area contributed by atoms with Crippen molar-refractivity contribution < 1.29 is 24.0 Å². The lowest BCUT2D eigenvalue weighted by atomic mass is 10.1. The van der Waals surface area contributed by atoms with Gasteiger partial charge in [0.05, 0.1) is 12.0 Å². The summed E-state index contributed by atoms with van der Waals surface area (Å²) in [5, 5.41) is 25.7. The molecule has 3 aromatic rings. The standard InChI is InChI=1S/C27H24N4O6/c1-17-7-8-18(2)23(11-17)30-26(32)16-37-24-10-9-19(13-25(24)36-3)12-20(15-28)27(33)29-21-5-4-6-22(14-21)31(34)35/h4-14H,16H2,1-3H3,(H,29,33)(H,30,32)/b20-12-. The topological polar surface area (TPSA) is 144 Å². The molecule has 0 atom stereocenters. The lowest BCUT2D eigenvalue weighted by Gasteiger charge is -2.13. The molecule has 0 aliphatic carbocycles. The number of nitro groups is 1. The number of hydrogen-bond acceptors (Lipinski definition) is 7. The monoisotopic (exact) mass is 500 g/mol. The fourth-order valence-corrected chi connectivity index (χ4v) is 3.30. The van der Waals surface area contributed by atoms with E-state index in [2.05, 4.69) is 10.6 Å². The molecule has 0 heterocycles. The molecule has 0 unspecified atom stereocenters. The first-order valence-electron chi connectivity index (χ1n) is 11.1. The minimum atomic E-state index is -0.731. The molecular formula is C27H24N4O6. The van der Waals surface area contributed by atoms with E-state index in [4.69, 9.17) is 9.47 Å². The van der Waals surface area contributed by atoms with Crippen LogP contribution in [0.4, 0.5) is 17.1 Å². The van der Waals surface area contributed by atoms with Crippen molar-refractivity contribution in [1.29, 1.82) is 5.26 Å². The maximum absolute atomic E-state index is 12.6. The summed E-state index contributed by atoms with van der Waals surface area (Å²) in [4.78, 5) is 35.3. The molecule has 3 rings (SSSR count). The second kappa shape index (κ2) is 12.0. The average molecular weight is 501 g/mol. The van der Waals surface area contributed by atoms with Crippen LogP contribution in [0.2, 0.25) is 0 Å². The molecule has 0 saturated heterocycles. The molecule has 0 aliphatic rings. The van der Waals surface area contributed by atoms with Crippen LogP contribution in [0, 0.1) is 35.3 Å². The number of nitrogens with zero attached hydrogens (tertiary/aromatic N) is 2. The Hall–Kier alpha value is -5.17. The smallest absolute Gasteiger partial charge is 0.271 e. The first-order chi connectivity index (χ1) is 17.7. The minimum absolute atomic E-state index is 0.181. The number of nitro benzene ring substituents is 1. The van der Waals surface area contributed by atoms with Crippen LogP contribution < -0.4 is 20.1 Å². The Balaban J connectivity index is 1.70. The summed E-state index contributed by atoms with van der Waals surface area (Å²) in [5.74, 6) is -0.477. The number of methoxy groups -OCH3 is 1. The van der Waals surface area contributed by atoms with Crippen molar-refractivity contribution in [2.75, 3.05) is 24.4 Å². The average Bonchev–Trinajstić information content (AvgIpc) is 2.88. The molecule has 0 aromatic heterocycles. The highest BCUT2D eigenvalue weighted by Gasteiger charge is 2.14. The number of ether oxygens (including phenoxy) is 2. The first kappa shape index (κ1) is 26.4. The Morgan fingerprint density at radius 2 is 1.84 bits per heavy atom. The van der Waals surface area contributed by atoms with Crippen LogP contribution in [0.1, 0.15) is 16.7 Å². The maximum Gasteiger partial charge on any atom is 0.271 e. The van der Waals surface area contributed by atoms with Crippen LogP contribution in [0.5, 0.6) is 11.5 Å². The molecule has 0 spiro atoms. The highest BCUT2D eigenvalue weighted by Crippen LogP contribution is 2.29. The quantitative estimate of drug-likeness (QED) is 0.186. The molecule has 0 radical (unpaired) electrons. The van der Waals surface area contributed by atoms with Gasteiger partial charge in [-0.1, -0.05) is 24.3 Å². The van der Waals surface area contributed by atoms with Gasteiger partial charge in [-0.3, -0.25) is 19.7 Å². The van der Waals surface area contributed by atoms with E-state index in [0.29, 0.717) is 22.7 Å². The fraction of sp³-hybridized carbons (Fsp3) is 0.148. The Labute approximate surface area is 213 Å². The fourth-order valence-electron chi connectivity index (χ4n) is 3.30. The largest absolute Gasteiger partial charge is 0.493 e. The summed E-state index contributed by atoms with van der Waals surface area (Å²) in [6.45, 7) is 3.57. The van der Waals surface area contributed by atoms with Crippen LogP contribution in [0.25, 0.3) is 6.08 Å². The molecule has 10 nitrogen and oxygen atoms in total. The van der Waals surface area contributed by atoms with E-state index in [9.17, 15) is 25.0 Å². The zero-order valence-corrected chi connectivity index (χ0v) is 20.4. The summed E-state index contributed by atoms with van der Waals surface area (Å²) < 4.78 is 11.0. The molecule has 0 saturated carbocycles. The van der Waals surface area contributed by atoms with E-state index < -0.39 is 10.8 Å². The molecule has 188 valence electrons. The maximum atomic E-state index is 12.6. The number of rotatable bonds is 9. The molecule has 0 aliphatic heterocycles. The van der Waals surface area contributed by atoms with Gasteiger partial charge in [-0.05, 0) is 60.9 Å². The van der Waals surface area contributed by atoms with Crippen LogP contribution in [0.3, 0.4) is 0 Å². The summed E-state index contributed by atoms with van der Waals surface area (Å²) in [7, 11) is 1.42. The lowest BCUT2D eigenvalue weighted by Crippen LogP contribution is -2.20. The molecule has 0 fully saturated rings. The first-order valence-corrected chi connectivity index (χ1v) is 11.1. The molecule has 2 N–H and O–H groups in total. The third-order valence-electron chi connectivity index (χ3n) is 5.20. The van der Waals surface area contributed by atoms with Crippen molar-refractivity contribution in [2.24, 2.45) is 0 Å². The predicted octanol–water partition coefficient (Wildman–Crippen LogP) is 4.78. The highest BCUT2D eigenvalue weighted by molar-refractivity contribution is 6.09. The Kier molecular flexibility index (Phi) is 8.57. The number of nitriles is 1. The van der Waals surface area contributed by atoms with Gasteiger partial charge in [-0.25, -0.2) is 0 Å². The predicted molar refractivity (Wildman–Crippen MR) is 138 cm³/mol. The highest BCUT2D eigenvalue weighted by atomic mass is 16.6. The summed E-state index contributed by atoms with van der Waals surface area (Å²) >= 11 is 0. The van der Waals surface area contributed by atoms with Crippen molar-refractivity contribution in [3.8, 4) is 17.6 Å². The molecule has 0 bridgehead atoms. The van der Waals surface area contributed by atoms with Gasteiger partial charge in [0, 0.05) is 23.5 Å². The summed E-state index contributed by atoms with van der Waals surface area (Å²) in [5.41, 5.74) is 2.88. The number of anilines is 2. The SMILES string of the molecule is COc1cc(/C=C(/C#N)C(=O)Nc2cccc([N+](=O)[O-])c2)ccc1OCC(=O)Nc1cc(C)ccc1C. The number of aryl methyl sites for hydroxylation is 2. The van der Waals surface area contributed by atoms with Crippen LogP contribution >= 0.6 is 0 Å². The van der Waals surface area contributed by atoms with Gasteiger partial charge in [-0.2, -0.15) is 5.26 Å². The Morgan fingerprint density at radius 1 is 1.05 bits per heavy atom. The van der Waals surface area contributed by atoms with Crippen LogP contribution in [-0.4, -0.2) is 30.5 Å². The normalized spacial score (nSPS) is 10.7. The van der Waals surface area contributed by atoms with Crippen molar-refractivity contribution in [2.45, 2.75) is 13.8 Å². The molecule has 2 amide bonds. The van der Waals surface area contributed by atoms with E-state index in [0.717, 1.165) is 11.1 Å². The van der Waals surface area contributed by atoms with Gasteiger partial charge in [0.2, 0.25) is 0 Å². The van der Waals surface area contributed by atoms with Gasteiger partial charge in [0.25, 0.3) is 17.5 Å². The van der Waals surface area contributed by atoms with Crippen molar-refractivity contribution in [1.82, 2.24) is 0 Å². The zero-order valence-electron chi connectivity index (χ0n) is 20.4. The van der Waals surface area contributed by atoms with Gasteiger partial charge in [-0.15, -0.1) is 0 Å². The van der Waals surface area contributed by atoms with Gasteiger partial charge in [0.1, 0.15) is 11.6 Å². The van der Waals surface area contributed by atoms with Crippen molar-refractivity contribution in [3.63, 3.8) is 0 Å². The van der Waals surface area contributed by atoms with Crippen molar-refractivity contribution >= 4 is 35.0 Å². The van der Waals surface area contributed by atoms with Crippen LogP contribution in [-0.2, 0) is 9.59 Å². The second-order valence-electron chi connectivity index (χ2n) is 8.00. The minimum Gasteiger partial charge on any atom is -0.493 e. The van der Waals surface area contributed by atoms with E-state index in [-0.39, 0.29) is 29.5 Å². The Morgan fingerprint density at radius 3 is 2.54 bits per heavy atom. The van der Waals surface area contributed by atoms with E-state index in [1.54, 1.807) is 18.2 Å². The van der Waals surface area contributed by atoms with Crippen LogP contribution in [0.15, 0.2) is 66.2 Å². The number of nitrogens with one attached hydrogen (secondary N) is 2. The second-order valence-corrected chi connectivity index (χ2v) is 8.00. The number of benzene rings is 3. The van der Waals surface area contributed by atoms with Gasteiger partial charge < -0.3 is 20.1 Å². The summed E-state index contributed by atoms with van der Waals surface area (Å²) in [6.07, 6.45) is 1.34. The van der Waals surface area contributed by atoms with E-state index in [1.807, 2.05) is 38.1 Å². The molecule has 37 heavy (non-hydrogen) atoms. The Bertz CT molecular complexity index is 1420. The number of non-ortho nitro benzene ring substituents is 1. The van der Waals surface area contributed by atoms with Gasteiger partial charge >= 0.3 is 0 Å². The third-order valence-corrected chi connectivity index (χ3v) is 5.20. The molecule has 10 heteroatoms. The lowest BCUT2D eigenvalue weighted by molar-refractivity contribution is -0.384. The van der Waals surface area contributed by atoms with E-state index in [1.165, 1.54) is 37.5 Å². The third kappa shape index (κ3) is 7.16. The summed E-state index contributed by atoms with van der Waals surface area (Å²) in [6, 6.07) is 17.7. The van der Waals surface area contributed by atoms with Crippen molar-refractivity contribution in [3.05, 3.63) is 93.0 Å². The number of hydrogen-bond donors (Lipinski definition) is 2. The molecular weight excluding hydrogens is 476 g/mol.